The molecule has 32 heavy (non-hydrogen) atoms. The van der Waals surface area contributed by atoms with Crippen LogP contribution in [0.1, 0.15) is 161 Å². The fourth-order valence-electron chi connectivity index (χ4n) is 4.97. The molecule has 0 aromatic carbocycles. The number of hydrogen-bond donors (Lipinski definition) is 0. The average molecular weight is 448 g/mol. The maximum Gasteiger partial charge on any atom is 0.256 e. The van der Waals surface area contributed by atoms with Gasteiger partial charge in [0.2, 0.25) is 0 Å². The molecule has 0 spiro atoms. The van der Waals surface area contributed by atoms with Crippen LogP contribution in [0.15, 0.2) is 12.4 Å². The SMILES string of the molecule is CCCCCCCCCCCCCCCCCCn1cc[n+](C)c1CCCCCCCC. The standard InChI is InChI=1S/C30H59N2/c1-4-6-8-10-12-13-14-15-16-17-18-19-20-21-23-25-27-32-29-28-31(3)30(32)26-24-22-11-9-7-5-2/h28-29H,4-27H2,1-3H3/q+1. The molecule has 1 heterocycles. The van der Waals surface area contributed by atoms with Crippen molar-refractivity contribution in [3.05, 3.63) is 18.2 Å². The van der Waals surface area contributed by atoms with E-state index in [2.05, 4.69) is 42.4 Å². The molecule has 0 amide bonds. The minimum absolute atomic E-state index is 1.21. The number of rotatable bonds is 24. The first-order chi connectivity index (χ1) is 15.8. The molecule has 1 aromatic heterocycles. The summed E-state index contributed by atoms with van der Waals surface area (Å²) in [4.78, 5) is 0. The third-order valence-corrected chi connectivity index (χ3v) is 7.22. The maximum atomic E-state index is 2.52. The van der Waals surface area contributed by atoms with Crippen molar-refractivity contribution >= 4 is 0 Å². The molecular weight excluding hydrogens is 388 g/mol. The first kappa shape index (κ1) is 29.2. The van der Waals surface area contributed by atoms with Crippen LogP contribution in [0.3, 0.4) is 0 Å². The van der Waals surface area contributed by atoms with Crippen LogP contribution in [-0.4, -0.2) is 4.57 Å². The second-order valence-corrected chi connectivity index (χ2v) is 10.3. The van der Waals surface area contributed by atoms with Crippen LogP contribution in [-0.2, 0) is 20.0 Å². The molecular formula is C30H59N2+. The molecule has 0 saturated heterocycles. The highest BCUT2D eigenvalue weighted by Crippen LogP contribution is 2.14. The number of nitrogens with zero attached hydrogens (tertiary/aromatic N) is 2. The molecule has 2 heteroatoms. The van der Waals surface area contributed by atoms with Gasteiger partial charge in [-0.3, -0.25) is 0 Å². The smallest absolute Gasteiger partial charge is 0.237 e. The summed E-state index contributed by atoms with van der Waals surface area (Å²) in [5.41, 5.74) is 0. The van der Waals surface area contributed by atoms with E-state index in [1.54, 1.807) is 0 Å². The topological polar surface area (TPSA) is 8.81 Å². The van der Waals surface area contributed by atoms with E-state index in [0.29, 0.717) is 0 Å². The Balaban J connectivity index is 1.92. The van der Waals surface area contributed by atoms with Gasteiger partial charge in [-0.05, 0) is 19.3 Å². The van der Waals surface area contributed by atoms with Gasteiger partial charge in [0.15, 0.2) is 0 Å². The van der Waals surface area contributed by atoms with Gasteiger partial charge in [-0.25, -0.2) is 9.13 Å². The normalized spacial score (nSPS) is 11.5. The second-order valence-electron chi connectivity index (χ2n) is 10.3. The first-order valence-corrected chi connectivity index (χ1v) is 14.8. The lowest BCUT2D eigenvalue weighted by atomic mass is 10.0. The van der Waals surface area contributed by atoms with Crippen LogP contribution in [0.4, 0.5) is 0 Å². The van der Waals surface area contributed by atoms with Gasteiger partial charge in [-0.1, -0.05) is 136 Å². The summed E-state index contributed by atoms with van der Waals surface area (Å²) < 4.78 is 4.87. The van der Waals surface area contributed by atoms with Gasteiger partial charge in [0.05, 0.1) is 13.6 Å². The lowest BCUT2D eigenvalue weighted by Gasteiger charge is -2.05. The Morgan fingerprint density at radius 1 is 0.531 bits per heavy atom. The molecule has 0 unspecified atom stereocenters. The zero-order valence-electron chi connectivity index (χ0n) is 22.5. The third-order valence-electron chi connectivity index (χ3n) is 7.22. The number of imidazole rings is 1. The van der Waals surface area contributed by atoms with E-state index >= 15 is 0 Å². The second kappa shape index (κ2) is 22.0. The molecule has 188 valence electrons. The summed E-state index contributed by atoms with van der Waals surface area (Å²) in [5.74, 6) is 1.53. The quantitative estimate of drug-likeness (QED) is 0.110. The van der Waals surface area contributed by atoms with Crippen molar-refractivity contribution < 1.29 is 4.57 Å². The minimum Gasteiger partial charge on any atom is -0.237 e. The Labute approximate surface area is 202 Å². The fraction of sp³-hybridized carbons (Fsp3) is 0.900. The molecule has 0 fully saturated rings. The van der Waals surface area contributed by atoms with Crippen molar-refractivity contribution in [2.75, 3.05) is 0 Å². The van der Waals surface area contributed by atoms with Gasteiger partial charge in [0.1, 0.15) is 12.4 Å². The van der Waals surface area contributed by atoms with Crippen LogP contribution in [0.2, 0.25) is 0 Å². The highest BCUT2D eigenvalue weighted by atomic mass is 15.1. The molecule has 0 aliphatic carbocycles. The lowest BCUT2D eigenvalue weighted by Crippen LogP contribution is -2.32. The highest BCUT2D eigenvalue weighted by molar-refractivity contribution is 4.84. The monoisotopic (exact) mass is 447 g/mol. The summed E-state index contributed by atoms with van der Waals surface area (Å²) in [7, 11) is 2.22. The molecule has 0 atom stereocenters. The fourth-order valence-corrected chi connectivity index (χ4v) is 4.97. The van der Waals surface area contributed by atoms with Gasteiger partial charge < -0.3 is 0 Å². The van der Waals surface area contributed by atoms with Crippen molar-refractivity contribution in [3.8, 4) is 0 Å². The Hall–Kier alpha value is -0.790. The van der Waals surface area contributed by atoms with Gasteiger partial charge >= 0.3 is 0 Å². The van der Waals surface area contributed by atoms with E-state index in [0.717, 1.165) is 0 Å². The van der Waals surface area contributed by atoms with E-state index in [4.69, 9.17) is 0 Å². The average Bonchev–Trinajstić information content (AvgIpc) is 3.15. The van der Waals surface area contributed by atoms with Crippen molar-refractivity contribution in [2.24, 2.45) is 7.05 Å². The van der Waals surface area contributed by atoms with Gasteiger partial charge in [0.25, 0.3) is 5.82 Å². The Kier molecular flexibility index (Phi) is 20.1. The first-order valence-electron chi connectivity index (χ1n) is 14.8. The zero-order chi connectivity index (χ0) is 23.1. The van der Waals surface area contributed by atoms with Crippen molar-refractivity contribution in [1.29, 1.82) is 0 Å². The largest absolute Gasteiger partial charge is 0.256 e. The Morgan fingerprint density at radius 3 is 1.34 bits per heavy atom. The summed E-state index contributed by atoms with van der Waals surface area (Å²) in [6, 6.07) is 0. The van der Waals surface area contributed by atoms with E-state index in [9.17, 15) is 0 Å². The van der Waals surface area contributed by atoms with Crippen LogP contribution < -0.4 is 4.57 Å². The molecule has 2 nitrogen and oxygen atoms in total. The summed E-state index contributed by atoms with van der Waals surface area (Å²) >= 11 is 0. The summed E-state index contributed by atoms with van der Waals surface area (Å²) in [5, 5.41) is 0. The van der Waals surface area contributed by atoms with Crippen LogP contribution >= 0.6 is 0 Å². The third kappa shape index (κ3) is 15.9. The van der Waals surface area contributed by atoms with E-state index in [1.807, 2.05) is 0 Å². The summed E-state index contributed by atoms with van der Waals surface area (Å²) in [6.07, 6.45) is 37.2. The van der Waals surface area contributed by atoms with Crippen molar-refractivity contribution in [2.45, 2.75) is 168 Å². The Bertz CT molecular complexity index is 505. The van der Waals surface area contributed by atoms with Crippen LogP contribution in [0, 0.1) is 0 Å². The molecule has 0 radical (unpaired) electrons. The van der Waals surface area contributed by atoms with Crippen molar-refractivity contribution in [1.82, 2.24) is 4.57 Å². The molecule has 0 aliphatic heterocycles. The predicted molar refractivity (Wildman–Crippen MR) is 142 cm³/mol. The molecule has 0 aliphatic rings. The van der Waals surface area contributed by atoms with E-state index in [-0.39, 0.29) is 0 Å². The number of unbranched alkanes of at least 4 members (excludes halogenated alkanes) is 20. The summed E-state index contributed by atoms with van der Waals surface area (Å²) in [6.45, 7) is 5.81. The zero-order valence-corrected chi connectivity index (χ0v) is 22.5. The van der Waals surface area contributed by atoms with E-state index < -0.39 is 0 Å². The van der Waals surface area contributed by atoms with Gasteiger partial charge in [-0.15, -0.1) is 0 Å². The number of aromatic nitrogens is 2. The number of aryl methyl sites for hydroxylation is 2. The van der Waals surface area contributed by atoms with Gasteiger partial charge in [0, 0.05) is 6.42 Å². The number of hydrogen-bond acceptors (Lipinski definition) is 0. The molecule has 1 aromatic rings. The predicted octanol–water partition coefficient (Wildman–Crippen LogP) is 9.48. The lowest BCUT2D eigenvalue weighted by molar-refractivity contribution is -0.678. The van der Waals surface area contributed by atoms with E-state index in [1.165, 1.54) is 160 Å². The van der Waals surface area contributed by atoms with Crippen molar-refractivity contribution in [3.63, 3.8) is 0 Å². The molecule has 0 N–H and O–H groups in total. The molecule has 0 bridgehead atoms. The molecule has 1 rings (SSSR count). The van der Waals surface area contributed by atoms with Gasteiger partial charge in [-0.2, -0.15) is 0 Å². The van der Waals surface area contributed by atoms with Crippen LogP contribution in [0.25, 0.3) is 0 Å². The van der Waals surface area contributed by atoms with Crippen LogP contribution in [0.5, 0.6) is 0 Å². The minimum atomic E-state index is 1.21. The molecule has 0 saturated carbocycles. The Morgan fingerprint density at radius 2 is 0.906 bits per heavy atom. The maximum absolute atomic E-state index is 2.52. The highest BCUT2D eigenvalue weighted by Gasteiger charge is 2.13.